The Balaban J connectivity index is 2.40. The predicted molar refractivity (Wildman–Crippen MR) is 87.7 cm³/mol. The summed E-state index contributed by atoms with van der Waals surface area (Å²) in [6.07, 6.45) is 1.16. The minimum absolute atomic E-state index is 0.824. The maximum atomic E-state index is 4.76. The van der Waals surface area contributed by atoms with Crippen LogP contribution in [0.4, 0.5) is 5.82 Å². The Labute approximate surface area is 125 Å². The van der Waals surface area contributed by atoms with Gasteiger partial charge in [-0.3, -0.25) is 4.90 Å². The molecule has 1 N–H and O–H groups in total. The molecular weight excluding hydrogens is 268 g/mol. The normalized spacial score (nSPS) is 11.5. The molecule has 0 fully saturated rings. The van der Waals surface area contributed by atoms with Gasteiger partial charge in [-0.1, -0.05) is 13.8 Å². The van der Waals surface area contributed by atoms with Crippen molar-refractivity contribution in [1.29, 1.82) is 0 Å². The summed E-state index contributed by atoms with van der Waals surface area (Å²) in [6.45, 7) is 11.6. The molecule has 0 spiro atoms. The minimum atomic E-state index is 0.824. The Kier molecular flexibility index (Phi) is 4.94. The van der Waals surface area contributed by atoms with Gasteiger partial charge >= 0.3 is 0 Å². The number of thiophene rings is 1. The summed E-state index contributed by atoms with van der Waals surface area (Å²) in [5, 5.41) is 4.40. The summed E-state index contributed by atoms with van der Waals surface area (Å²) in [5.74, 6) is 1.87. The molecule has 20 heavy (non-hydrogen) atoms. The number of anilines is 1. The van der Waals surface area contributed by atoms with Gasteiger partial charge in [-0.2, -0.15) is 0 Å². The fourth-order valence-electron chi connectivity index (χ4n) is 2.41. The fourth-order valence-corrected chi connectivity index (χ4v) is 3.46. The first-order valence-corrected chi connectivity index (χ1v) is 8.09. The molecule has 0 aliphatic rings. The van der Waals surface area contributed by atoms with E-state index in [2.05, 4.69) is 37.9 Å². The zero-order chi connectivity index (χ0) is 14.7. The predicted octanol–water partition coefficient (Wildman–Crippen LogP) is 3.58. The number of fused-ring (bicyclic) bond motifs is 1. The quantitative estimate of drug-likeness (QED) is 0.883. The molecule has 2 heterocycles. The second-order valence-electron chi connectivity index (χ2n) is 5.07. The average molecular weight is 292 g/mol. The van der Waals surface area contributed by atoms with Crippen LogP contribution in [0.25, 0.3) is 10.2 Å². The molecule has 0 unspecified atom stereocenters. The van der Waals surface area contributed by atoms with Gasteiger partial charge in [-0.25, -0.2) is 9.97 Å². The molecule has 2 aromatic heterocycles. The van der Waals surface area contributed by atoms with Crippen molar-refractivity contribution >= 4 is 27.4 Å². The maximum absolute atomic E-state index is 4.76. The Hall–Kier alpha value is -1.20. The monoisotopic (exact) mass is 292 g/mol. The van der Waals surface area contributed by atoms with Crippen LogP contribution in [0.2, 0.25) is 0 Å². The number of aromatic nitrogens is 2. The maximum Gasteiger partial charge on any atom is 0.146 e. The highest BCUT2D eigenvalue weighted by atomic mass is 32.1. The SMILES string of the molecule is CCCN(CC)Cc1nc(NC)c2c(C)c(C)sc2n1. The van der Waals surface area contributed by atoms with E-state index in [1.807, 2.05) is 7.05 Å². The Morgan fingerprint density at radius 1 is 1.20 bits per heavy atom. The van der Waals surface area contributed by atoms with Crippen molar-refractivity contribution in [3.05, 3.63) is 16.3 Å². The van der Waals surface area contributed by atoms with Gasteiger partial charge in [0.25, 0.3) is 0 Å². The summed E-state index contributed by atoms with van der Waals surface area (Å²) in [4.78, 5) is 14.3. The van der Waals surface area contributed by atoms with Gasteiger partial charge in [0, 0.05) is 11.9 Å². The van der Waals surface area contributed by atoms with Crippen LogP contribution in [0.15, 0.2) is 0 Å². The number of rotatable bonds is 6. The second kappa shape index (κ2) is 6.50. The Morgan fingerprint density at radius 3 is 2.55 bits per heavy atom. The molecule has 0 saturated carbocycles. The first-order chi connectivity index (χ1) is 9.60. The molecule has 0 aliphatic carbocycles. The number of aryl methyl sites for hydroxylation is 2. The van der Waals surface area contributed by atoms with Crippen molar-refractivity contribution in [1.82, 2.24) is 14.9 Å². The zero-order valence-corrected chi connectivity index (χ0v) is 13.9. The lowest BCUT2D eigenvalue weighted by atomic mass is 10.2. The first kappa shape index (κ1) is 15.2. The van der Waals surface area contributed by atoms with Gasteiger partial charge in [-0.05, 0) is 38.9 Å². The van der Waals surface area contributed by atoms with Gasteiger partial charge < -0.3 is 5.32 Å². The van der Waals surface area contributed by atoms with Gasteiger partial charge in [0.05, 0.1) is 11.9 Å². The highest BCUT2D eigenvalue weighted by Gasteiger charge is 2.14. The van der Waals surface area contributed by atoms with Crippen molar-refractivity contribution in [2.75, 3.05) is 25.5 Å². The minimum Gasteiger partial charge on any atom is -0.372 e. The number of nitrogens with zero attached hydrogens (tertiary/aromatic N) is 3. The van der Waals surface area contributed by atoms with Crippen molar-refractivity contribution in [3.8, 4) is 0 Å². The van der Waals surface area contributed by atoms with Crippen LogP contribution in [0.3, 0.4) is 0 Å². The van der Waals surface area contributed by atoms with Crippen LogP contribution >= 0.6 is 11.3 Å². The van der Waals surface area contributed by atoms with E-state index in [1.54, 1.807) is 11.3 Å². The van der Waals surface area contributed by atoms with E-state index in [0.717, 1.165) is 42.5 Å². The van der Waals surface area contributed by atoms with E-state index in [4.69, 9.17) is 9.97 Å². The largest absolute Gasteiger partial charge is 0.372 e. The van der Waals surface area contributed by atoms with E-state index in [-0.39, 0.29) is 0 Å². The zero-order valence-electron chi connectivity index (χ0n) is 13.1. The van der Waals surface area contributed by atoms with Crippen molar-refractivity contribution < 1.29 is 0 Å². The molecular formula is C15H24N4S. The van der Waals surface area contributed by atoms with E-state index in [0.29, 0.717) is 0 Å². The van der Waals surface area contributed by atoms with Crippen LogP contribution in [0.1, 0.15) is 36.5 Å². The van der Waals surface area contributed by atoms with Crippen molar-refractivity contribution in [2.24, 2.45) is 0 Å². The third kappa shape index (κ3) is 2.94. The molecule has 0 atom stereocenters. The molecule has 4 nitrogen and oxygen atoms in total. The molecule has 0 bridgehead atoms. The standard InChI is InChI=1S/C15H24N4S/c1-6-8-19(7-2)9-12-17-14(16-5)13-10(3)11(4)20-15(13)18-12/h6-9H2,1-5H3,(H,16,17,18). The first-order valence-electron chi connectivity index (χ1n) is 7.27. The van der Waals surface area contributed by atoms with Crippen LogP contribution in [0.5, 0.6) is 0 Å². The van der Waals surface area contributed by atoms with E-state index in [1.165, 1.54) is 15.8 Å². The number of hydrogen-bond donors (Lipinski definition) is 1. The van der Waals surface area contributed by atoms with Gasteiger partial charge in [0.2, 0.25) is 0 Å². The van der Waals surface area contributed by atoms with Crippen LogP contribution < -0.4 is 5.32 Å². The Morgan fingerprint density at radius 2 is 1.95 bits per heavy atom. The van der Waals surface area contributed by atoms with Crippen molar-refractivity contribution in [2.45, 2.75) is 40.7 Å². The second-order valence-corrected chi connectivity index (χ2v) is 6.27. The van der Waals surface area contributed by atoms with Crippen LogP contribution in [-0.2, 0) is 6.54 Å². The third-order valence-corrected chi connectivity index (χ3v) is 4.77. The molecule has 2 rings (SSSR count). The van der Waals surface area contributed by atoms with Crippen LogP contribution in [0, 0.1) is 13.8 Å². The average Bonchev–Trinajstić information content (AvgIpc) is 2.72. The molecule has 0 amide bonds. The number of nitrogens with one attached hydrogen (secondary N) is 1. The van der Waals surface area contributed by atoms with E-state index in [9.17, 15) is 0 Å². The van der Waals surface area contributed by atoms with E-state index < -0.39 is 0 Å². The topological polar surface area (TPSA) is 41.1 Å². The molecule has 5 heteroatoms. The molecule has 0 aliphatic heterocycles. The van der Waals surface area contributed by atoms with Gasteiger partial charge in [0.1, 0.15) is 16.5 Å². The summed E-state index contributed by atoms with van der Waals surface area (Å²) >= 11 is 1.76. The lowest BCUT2D eigenvalue weighted by molar-refractivity contribution is 0.274. The highest BCUT2D eigenvalue weighted by Crippen LogP contribution is 2.33. The molecule has 110 valence electrons. The Bertz CT molecular complexity index is 591. The summed E-state index contributed by atoms with van der Waals surface area (Å²) < 4.78 is 0. The number of hydrogen-bond acceptors (Lipinski definition) is 5. The summed E-state index contributed by atoms with van der Waals surface area (Å²) in [7, 11) is 1.93. The molecule has 0 aromatic carbocycles. The summed E-state index contributed by atoms with van der Waals surface area (Å²) in [6, 6.07) is 0. The van der Waals surface area contributed by atoms with E-state index >= 15 is 0 Å². The molecule has 2 aromatic rings. The smallest absolute Gasteiger partial charge is 0.146 e. The lowest BCUT2D eigenvalue weighted by Gasteiger charge is -2.18. The molecule has 0 radical (unpaired) electrons. The fraction of sp³-hybridized carbons (Fsp3) is 0.600. The third-order valence-electron chi connectivity index (χ3n) is 3.66. The lowest BCUT2D eigenvalue weighted by Crippen LogP contribution is -2.24. The van der Waals surface area contributed by atoms with Gasteiger partial charge in [0.15, 0.2) is 0 Å². The summed E-state index contributed by atoms with van der Waals surface area (Å²) in [5.41, 5.74) is 1.29. The highest BCUT2D eigenvalue weighted by molar-refractivity contribution is 7.18. The van der Waals surface area contributed by atoms with Crippen molar-refractivity contribution in [3.63, 3.8) is 0 Å². The van der Waals surface area contributed by atoms with Crippen LogP contribution in [-0.4, -0.2) is 35.0 Å². The molecule has 0 saturated heterocycles. The van der Waals surface area contributed by atoms with Gasteiger partial charge in [-0.15, -0.1) is 11.3 Å².